The number of anilines is 2. The Kier molecular flexibility index (Phi) is 7.90. The normalized spacial score (nSPS) is 18.3. The van der Waals surface area contributed by atoms with Crippen molar-refractivity contribution in [1.82, 2.24) is 10.2 Å². The predicted octanol–water partition coefficient (Wildman–Crippen LogP) is 1.89. The van der Waals surface area contributed by atoms with Gasteiger partial charge in [-0.05, 0) is 35.9 Å². The first-order valence-corrected chi connectivity index (χ1v) is 13.3. The molecule has 0 aromatic heterocycles. The molecule has 1 atom stereocenters. The highest BCUT2D eigenvalue weighted by Gasteiger charge is 2.31. The summed E-state index contributed by atoms with van der Waals surface area (Å²) >= 11 is 5.95. The van der Waals surface area contributed by atoms with E-state index in [9.17, 15) is 22.4 Å². The highest BCUT2D eigenvalue weighted by Crippen LogP contribution is 2.29. The fourth-order valence-corrected chi connectivity index (χ4v) is 5.85. The molecular weight excluding hydrogens is 499 g/mol. The van der Waals surface area contributed by atoms with Crippen molar-refractivity contribution in [2.45, 2.75) is 11.8 Å². The number of hydrogen-bond donors (Lipinski definition) is 3. The lowest BCUT2D eigenvalue weighted by Gasteiger charge is -2.27. The van der Waals surface area contributed by atoms with Crippen LogP contribution in [-0.4, -0.2) is 76.3 Å². The number of hydrogen-bond acceptors (Lipinski definition) is 7. The first-order valence-electron chi connectivity index (χ1n) is 11.1. The Morgan fingerprint density at radius 3 is 2.69 bits per heavy atom. The molecule has 2 aromatic rings. The van der Waals surface area contributed by atoms with Gasteiger partial charge in [0, 0.05) is 36.8 Å². The summed E-state index contributed by atoms with van der Waals surface area (Å²) in [5.41, 5.74) is 1.54. The number of benzene rings is 2. The van der Waals surface area contributed by atoms with Gasteiger partial charge in [-0.25, -0.2) is 12.8 Å². The maximum absolute atomic E-state index is 13.2. The molecule has 2 aliphatic rings. The summed E-state index contributed by atoms with van der Waals surface area (Å²) in [6.07, 6.45) is 0. The van der Waals surface area contributed by atoms with Gasteiger partial charge in [0.25, 0.3) is 5.91 Å². The van der Waals surface area contributed by atoms with E-state index >= 15 is 0 Å². The number of halogens is 2. The van der Waals surface area contributed by atoms with Gasteiger partial charge in [0.05, 0.1) is 36.1 Å². The summed E-state index contributed by atoms with van der Waals surface area (Å²) in [4.78, 5) is 27.3. The van der Waals surface area contributed by atoms with Gasteiger partial charge in [0.2, 0.25) is 5.91 Å². The summed E-state index contributed by atoms with van der Waals surface area (Å²) in [5.74, 6) is -2.26. The Morgan fingerprint density at radius 2 is 1.94 bits per heavy atom. The molecule has 9 nitrogen and oxygen atoms in total. The van der Waals surface area contributed by atoms with Crippen molar-refractivity contribution in [3.05, 3.63) is 58.4 Å². The zero-order chi connectivity index (χ0) is 25.0. The fourth-order valence-electron chi connectivity index (χ4n) is 3.95. The summed E-state index contributed by atoms with van der Waals surface area (Å²) in [6, 6.07) is 7.25. The molecule has 188 valence electrons. The molecule has 35 heavy (non-hydrogen) atoms. The lowest BCUT2D eigenvalue weighted by Crippen LogP contribution is -2.44. The van der Waals surface area contributed by atoms with E-state index < -0.39 is 39.1 Å². The van der Waals surface area contributed by atoms with Crippen LogP contribution in [-0.2, 0) is 25.1 Å². The van der Waals surface area contributed by atoms with Crippen LogP contribution in [0.2, 0.25) is 5.02 Å². The Morgan fingerprint density at radius 1 is 1.17 bits per heavy atom. The van der Waals surface area contributed by atoms with E-state index in [1.54, 1.807) is 18.2 Å². The number of rotatable bonds is 8. The van der Waals surface area contributed by atoms with Gasteiger partial charge in [0.15, 0.2) is 9.84 Å². The second kappa shape index (κ2) is 10.9. The number of nitrogens with one attached hydrogen (secondary N) is 3. The number of carbonyl (C=O) groups excluding carboxylic acids is 2. The molecule has 2 aromatic carbocycles. The van der Waals surface area contributed by atoms with E-state index in [-0.39, 0.29) is 16.5 Å². The van der Waals surface area contributed by atoms with E-state index in [0.29, 0.717) is 36.7 Å². The van der Waals surface area contributed by atoms with Crippen molar-refractivity contribution >= 4 is 44.6 Å². The van der Waals surface area contributed by atoms with Gasteiger partial charge < -0.3 is 20.7 Å². The lowest BCUT2D eigenvalue weighted by molar-refractivity contribution is -0.116. The van der Waals surface area contributed by atoms with Crippen molar-refractivity contribution in [2.75, 3.05) is 55.8 Å². The maximum Gasteiger partial charge on any atom is 0.251 e. The molecule has 12 heteroatoms. The first kappa shape index (κ1) is 25.4. The standard InChI is InChI=1S/C23H26ClFN4O5S/c24-18-12-17(25)3-1-16(18)13-35(32,33)14-21-23(31)28-20-11-15(2-4-19(20)27-21)22(30)26-5-6-29-7-9-34-10-8-29/h1-4,11-12,21,27H,5-10,13-14H2,(H,26,30)(H,28,31). The average Bonchev–Trinajstić information content (AvgIpc) is 2.81. The van der Waals surface area contributed by atoms with Crippen LogP contribution < -0.4 is 16.0 Å². The van der Waals surface area contributed by atoms with Gasteiger partial charge in [-0.2, -0.15) is 0 Å². The second-order valence-electron chi connectivity index (χ2n) is 8.45. The van der Waals surface area contributed by atoms with Crippen LogP contribution >= 0.6 is 11.6 Å². The monoisotopic (exact) mass is 524 g/mol. The minimum Gasteiger partial charge on any atom is -0.379 e. The van der Waals surface area contributed by atoms with E-state index in [2.05, 4.69) is 20.9 Å². The van der Waals surface area contributed by atoms with Crippen LogP contribution in [0.15, 0.2) is 36.4 Å². The van der Waals surface area contributed by atoms with Gasteiger partial charge in [-0.3, -0.25) is 14.5 Å². The van der Waals surface area contributed by atoms with Gasteiger partial charge in [-0.1, -0.05) is 17.7 Å². The number of ether oxygens (including phenoxy) is 1. The highest BCUT2D eigenvalue weighted by molar-refractivity contribution is 7.90. The van der Waals surface area contributed by atoms with Crippen molar-refractivity contribution in [1.29, 1.82) is 0 Å². The quantitative estimate of drug-likeness (QED) is 0.483. The molecule has 4 rings (SSSR count). The van der Waals surface area contributed by atoms with Crippen molar-refractivity contribution in [3.63, 3.8) is 0 Å². The molecule has 2 aliphatic heterocycles. The molecule has 2 heterocycles. The molecule has 0 aliphatic carbocycles. The highest BCUT2D eigenvalue weighted by atomic mass is 35.5. The molecule has 1 fully saturated rings. The zero-order valence-corrected chi connectivity index (χ0v) is 20.4. The van der Waals surface area contributed by atoms with E-state index in [1.165, 1.54) is 6.07 Å². The maximum atomic E-state index is 13.2. The number of nitrogens with zero attached hydrogens (tertiary/aromatic N) is 1. The summed E-state index contributed by atoms with van der Waals surface area (Å²) < 4.78 is 43.9. The summed E-state index contributed by atoms with van der Waals surface area (Å²) in [5, 5.41) is 8.48. The molecule has 3 N–H and O–H groups in total. The minimum atomic E-state index is -3.75. The first-order chi connectivity index (χ1) is 16.7. The third kappa shape index (κ3) is 6.69. The SMILES string of the molecule is O=C(NCCN1CCOCC1)c1ccc2c(c1)NC(=O)C(CS(=O)(=O)Cc1ccc(F)cc1Cl)N2. The number of fused-ring (bicyclic) bond motifs is 1. The average molecular weight is 525 g/mol. The molecule has 0 saturated carbocycles. The smallest absolute Gasteiger partial charge is 0.251 e. The van der Waals surface area contributed by atoms with Crippen LogP contribution in [0.4, 0.5) is 15.8 Å². The number of carbonyl (C=O) groups is 2. The van der Waals surface area contributed by atoms with Crippen LogP contribution in [0, 0.1) is 5.82 Å². The summed E-state index contributed by atoms with van der Waals surface area (Å²) in [6.45, 7) is 4.25. The number of amides is 2. The minimum absolute atomic E-state index is 0.00993. The molecule has 0 spiro atoms. The molecule has 0 radical (unpaired) electrons. The van der Waals surface area contributed by atoms with Crippen molar-refractivity contribution < 1.29 is 27.1 Å². The Labute approximate surface area is 207 Å². The van der Waals surface area contributed by atoms with E-state index in [4.69, 9.17) is 16.3 Å². The molecule has 1 unspecified atom stereocenters. The topological polar surface area (TPSA) is 117 Å². The summed E-state index contributed by atoms with van der Waals surface area (Å²) in [7, 11) is -3.75. The molecule has 0 bridgehead atoms. The lowest BCUT2D eigenvalue weighted by atomic mass is 10.1. The fraction of sp³-hybridized carbons (Fsp3) is 0.391. The predicted molar refractivity (Wildman–Crippen MR) is 131 cm³/mol. The molecule has 1 saturated heterocycles. The zero-order valence-electron chi connectivity index (χ0n) is 18.9. The van der Waals surface area contributed by atoms with Gasteiger partial charge in [-0.15, -0.1) is 0 Å². The van der Waals surface area contributed by atoms with Crippen LogP contribution in [0.5, 0.6) is 0 Å². The largest absolute Gasteiger partial charge is 0.379 e. The third-order valence-corrected chi connectivity index (χ3v) is 7.76. The van der Waals surface area contributed by atoms with Gasteiger partial charge >= 0.3 is 0 Å². The second-order valence-corrected chi connectivity index (χ2v) is 11.0. The molecular formula is C23H26ClFN4O5S. The van der Waals surface area contributed by atoms with Crippen LogP contribution in [0.3, 0.4) is 0 Å². The molecule has 2 amide bonds. The van der Waals surface area contributed by atoms with E-state index in [0.717, 1.165) is 31.8 Å². The van der Waals surface area contributed by atoms with E-state index in [1.807, 2.05) is 0 Å². The number of sulfone groups is 1. The van der Waals surface area contributed by atoms with Gasteiger partial charge in [0.1, 0.15) is 11.9 Å². The van der Waals surface area contributed by atoms with Crippen molar-refractivity contribution in [3.8, 4) is 0 Å². The Balaban J connectivity index is 1.35. The Hall–Kier alpha value is -2.73. The Bertz CT molecular complexity index is 1220. The van der Waals surface area contributed by atoms with Crippen LogP contribution in [0.25, 0.3) is 0 Å². The third-order valence-electron chi connectivity index (χ3n) is 5.81. The van der Waals surface area contributed by atoms with Crippen molar-refractivity contribution in [2.24, 2.45) is 0 Å². The number of morpholine rings is 1. The van der Waals surface area contributed by atoms with Crippen LogP contribution in [0.1, 0.15) is 15.9 Å².